The van der Waals surface area contributed by atoms with Crippen molar-refractivity contribution in [1.29, 1.82) is 5.41 Å². The van der Waals surface area contributed by atoms with Crippen molar-refractivity contribution in [3.63, 3.8) is 0 Å². The van der Waals surface area contributed by atoms with Gasteiger partial charge in [0.15, 0.2) is 0 Å². The molecule has 0 atom stereocenters. The predicted molar refractivity (Wildman–Crippen MR) is 56.1 cm³/mol. The van der Waals surface area contributed by atoms with Gasteiger partial charge in [0.2, 0.25) is 0 Å². The van der Waals surface area contributed by atoms with Gasteiger partial charge in [0.05, 0.1) is 15.6 Å². The van der Waals surface area contributed by atoms with Gasteiger partial charge in [0.1, 0.15) is 0 Å². The van der Waals surface area contributed by atoms with Gasteiger partial charge in [0.25, 0.3) is 0 Å². The zero-order valence-electron chi connectivity index (χ0n) is 6.63. The third-order valence-electron chi connectivity index (χ3n) is 1.44. The van der Waals surface area contributed by atoms with Crippen molar-refractivity contribution < 1.29 is 0 Å². The number of aromatic nitrogens is 2. The molecular weight excluding hydrogens is 267 g/mol. The first kappa shape index (κ1) is 9.50. The number of rotatable bonds is 4. The lowest BCUT2D eigenvalue weighted by atomic mass is 10.3. The third kappa shape index (κ3) is 3.21. The second-order valence-corrected chi connectivity index (χ2v) is 3.80. The number of aryl methyl sites for hydroxylation is 1. The van der Waals surface area contributed by atoms with Gasteiger partial charge in [-0.15, -0.1) is 0 Å². The van der Waals surface area contributed by atoms with Gasteiger partial charge < -0.3 is 5.73 Å². The highest BCUT2D eigenvalue weighted by Gasteiger charge is 1.95. The van der Waals surface area contributed by atoms with E-state index in [9.17, 15) is 0 Å². The van der Waals surface area contributed by atoms with E-state index < -0.39 is 0 Å². The minimum Gasteiger partial charge on any atom is -0.388 e. The van der Waals surface area contributed by atoms with Crippen LogP contribution in [0, 0.1) is 8.98 Å². The van der Waals surface area contributed by atoms with Crippen LogP contribution in [0.4, 0.5) is 0 Å². The van der Waals surface area contributed by atoms with E-state index in [1.165, 1.54) is 0 Å². The van der Waals surface area contributed by atoms with Crippen LogP contribution in [-0.4, -0.2) is 15.6 Å². The number of hydrogen-bond donors (Lipinski definition) is 2. The molecule has 0 saturated carbocycles. The molecule has 0 aliphatic heterocycles. The van der Waals surface area contributed by atoms with E-state index in [4.69, 9.17) is 11.1 Å². The van der Waals surface area contributed by atoms with Crippen LogP contribution in [0.25, 0.3) is 0 Å². The van der Waals surface area contributed by atoms with E-state index >= 15 is 0 Å². The first-order chi connectivity index (χ1) is 5.68. The molecule has 0 fully saturated rings. The van der Waals surface area contributed by atoms with Crippen LogP contribution in [-0.2, 0) is 6.54 Å². The summed E-state index contributed by atoms with van der Waals surface area (Å²) in [5, 5.41) is 11.1. The second-order valence-electron chi connectivity index (χ2n) is 2.55. The van der Waals surface area contributed by atoms with Crippen LogP contribution in [0.2, 0.25) is 0 Å². The van der Waals surface area contributed by atoms with Crippen LogP contribution in [0.5, 0.6) is 0 Å². The van der Waals surface area contributed by atoms with E-state index in [1.54, 1.807) is 0 Å². The number of nitrogens with zero attached hydrogens (tertiary/aromatic N) is 2. The Kier molecular flexibility index (Phi) is 3.51. The quantitative estimate of drug-likeness (QED) is 0.493. The molecule has 66 valence electrons. The zero-order chi connectivity index (χ0) is 8.97. The molecule has 0 radical (unpaired) electrons. The van der Waals surface area contributed by atoms with E-state index in [0.717, 1.165) is 16.5 Å². The van der Waals surface area contributed by atoms with Crippen molar-refractivity contribution in [3.8, 4) is 0 Å². The molecule has 1 aromatic rings. The second kappa shape index (κ2) is 4.44. The molecular formula is C7H11IN4. The summed E-state index contributed by atoms with van der Waals surface area (Å²) < 4.78 is 3.00. The normalized spacial score (nSPS) is 10.1. The van der Waals surface area contributed by atoms with Crippen molar-refractivity contribution in [1.82, 2.24) is 9.78 Å². The summed E-state index contributed by atoms with van der Waals surface area (Å²) in [7, 11) is 0. The van der Waals surface area contributed by atoms with E-state index in [1.807, 2.05) is 17.1 Å². The number of halogens is 1. The van der Waals surface area contributed by atoms with Gasteiger partial charge in [-0.2, -0.15) is 5.10 Å². The van der Waals surface area contributed by atoms with Crippen LogP contribution in [0.15, 0.2) is 12.4 Å². The third-order valence-corrected chi connectivity index (χ3v) is 1.99. The van der Waals surface area contributed by atoms with E-state index in [2.05, 4.69) is 27.7 Å². The molecule has 0 aliphatic rings. The Morgan fingerprint density at radius 2 is 2.50 bits per heavy atom. The summed E-state index contributed by atoms with van der Waals surface area (Å²) in [5.74, 6) is 0.247. The Balaban J connectivity index is 2.29. The fourth-order valence-corrected chi connectivity index (χ4v) is 1.34. The first-order valence-corrected chi connectivity index (χ1v) is 4.77. The SMILES string of the molecule is N=C(N)CCCn1cc(I)cn1. The molecule has 0 saturated heterocycles. The van der Waals surface area contributed by atoms with Gasteiger partial charge in [-0.1, -0.05) is 0 Å². The number of nitrogens with two attached hydrogens (primary N) is 1. The van der Waals surface area contributed by atoms with Gasteiger partial charge in [0, 0.05) is 19.2 Å². The van der Waals surface area contributed by atoms with Crippen LogP contribution >= 0.6 is 22.6 Å². The molecule has 0 unspecified atom stereocenters. The molecule has 1 heterocycles. The van der Waals surface area contributed by atoms with Gasteiger partial charge in [-0.25, -0.2) is 0 Å². The summed E-state index contributed by atoms with van der Waals surface area (Å²) in [6.07, 6.45) is 5.32. The van der Waals surface area contributed by atoms with E-state index in [0.29, 0.717) is 6.42 Å². The van der Waals surface area contributed by atoms with Gasteiger partial charge >= 0.3 is 0 Å². The monoisotopic (exact) mass is 278 g/mol. The molecule has 0 spiro atoms. The molecule has 1 aromatic heterocycles. The van der Waals surface area contributed by atoms with Gasteiger partial charge in [-0.05, 0) is 29.0 Å². The fraction of sp³-hybridized carbons (Fsp3) is 0.429. The Bertz CT molecular complexity index is 268. The van der Waals surface area contributed by atoms with Gasteiger partial charge in [-0.3, -0.25) is 10.1 Å². The molecule has 3 N–H and O–H groups in total. The van der Waals surface area contributed by atoms with Crippen molar-refractivity contribution in [3.05, 3.63) is 16.0 Å². The number of hydrogen-bond acceptors (Lipinski definition) is 2. The average Bonchev–Trinajstić information content (AvgIpc) is 2.35. The predicted octanol–water partition coefficient (Wildman–Crippen LogP) is 1.20. The molecule has 0 amide bonds. The highest BCUT2D eigenvalue weighted by atomic mass is 127. The Labute approximate surface area is 84.8 Å². The first-order valence-electron chi connectivity index (χ1n) is 3.69. The lowest BCUT2D eigenvalue weighted by Crippen LogP contribution is -2.10. The zero-order valence-corrected chi connectivity index (χ0v) is 8.78. The maximum Gasteiger partial charge on any atom is 0.0905 e. The summed E-state index contributed by atoms with van der Waals surface area (Å²) in [6.45, 7) is 0.836. The number of nitrogens with one attached hydrogen (secondary N) is 1. The van der Waals surface area contributed by atoms with Crippen molar-refractivity contribution >= 4 is 28.4 Å². The maximum atomic E-state index is 7.01. The van der Waals surface area contributed by atoms with Crippen LogP contribution in [0.1, 0.15) is 12.8 Å². The largest absolute Gasteiger partial charge is 0.388 e. The molecule has 5 heteroatoms. The summed E-state index contributed by atoms with van der Waals surface area (Å²) >= 11 is 2.22. The molecule has 0 aliphatic carbocycles. The maximum absolute atomic E-state index is 7.01. The standard InChI is InChI=1S/C7H11IN4/c8-6-4-11-12(5-6)3-1-2-7(9)10/h4-5H,1-3H2,(H3,9,10). The van der Waals surface area contributed by atoms with Crippen LogP contribution in [0.3, 0.4) is 0 Å². The summed E-state index contributed by atoms with van der Waals surface area (Å²) in [4.78, 5) is 0. The molecule has 4 nitrogen and oxygen atoms in total. The molecule has 1 rings (SSSR count). The number of amidine groups is 1. The lowest BCUT2D eigenvalue weighted by Gasteiger charge is -1.99. The Hall–Kier alpha value is -0.590. The average molecular weight is 278 g/mol. The van der Waals surface area contributed by atoms with E-state index in [-0.39, 0.29) is 5.84 Å². The fourth-order valence-electron chi connectivity index (χ4n) is 0.892. The molecule has 0 aromatic carbocycles. The lowest BCUT2D eigenvalue weighted by molar-refractivity contribution is 0.588. The minimum atomic E-state index is 0.247. The van der Waals surface area contributed by atoms with Crippen LogP contribution < -0.4 is 5.73 Å². The minimum absolute atomic E-state index is 0.247. The van der Waals surface area contributed by atoms with Crippen molar-refractivity contribution in [2.75, 3.05) is 0 Å². The van der Waals surface area contributed by atoms with Crippen molar-refractivity contribution in [2.24, 2.45) is 5.73 Å². The highest BCUT2D eigenvalue weighted by molar-refractivity contribution is 14.1. The summed E-state index contributed by atoms with van der Waals surface area (Å²) in [5.41, 5.74) is 5.21. The topological polar surface area (TPSA) is 67.7 Å². The Morgan fingerprint density at radius 3 is 3.00 bits per heavy atom. The molecule has 12 heavy (non-hydrogen) atoms. The Morgan fingerprint density at radius 1 is 1.75 bits per heavy atom. The molecule has 0 bridgehead atoms. The van der Waals surface area contributed by atoms with Crippen molar-refractivity contribution in [2.45, 2.75) is 19.4 Å². The smallest absolute Gasteiger partial charge is 0.0905 e. The highest BCUT2D eigenvalue weighted by Crippen LogP contribution is 2.02. The summed E-state index contributed by atoms with van der Waals surface area (Å²) in [6, 6.07) is 0.